The van der Waals surface area contributed by atoms with Crippen molar-refractivity contribution in [3.05, 3.63) is 69.2 Å². The molecular weight excluding hydrogens is 456 g/mol. The van der Waals surface area contributed by atoms with Crippen LogP contribution in [0, 0.1) is 13.8 Å². The summed E-state index contributed by atoms with van der Waals surface area (Å²) in [7, 11) is 0. The first-order valence-corrected chi connectivity index (χ1v) is 12.5. The van der Waals surface area contributed by atoms with Gasteiger partial charge in [-0.2, -0.15) is 0 Å². The van der Waals surface area contributed by atoms with Crippen molar-refractivity contribution in [2.45, 2.75) is 38.9 Å². The third kappa shape index (κ3) is 3.59. The first-order chi connectivity index (χ1) is 16.0. The smallest absolute Gasteiger partial charge is 0.262 e. The van der Waals surface area contributed by atoms with Crippen molar-refractivity contribution in [3.8, 4) is 5.13 Å². The van der Waals surface area contributed by atoms with Crippen LogP contribution in [0.4, 0.5) is 0 Å². The lowest BCUT2D eigenvalue weighted by atomic mass is 10.2. The first kappa shape index (κ1) is 21.6. The molecule has 0 bridgehead atoms. The van der Waals surface area contributed by atoms with Crippen molar-refractivity contribution in [2.75, 3.05) is 5.75 Å². The summed E-state index contributed by atoms with van der Waals surface area (Å²) in [4.78, 5) is 30.5. The Morgan fingerprint density at radius 1 is 1.18 bits per heavy atom. The molecule has 0 saturated carbocycles. The maximum Gasteiger partial charge on any atom is 0.262 e. The van der Waals surface area contributed by atoms with Gasteiger partial charge in [-0.1, -0.05) is 30.8 Å². The summed E-state index contributed by atoms with van der Waals surface area (Å²) in [5.74, 6) is 0.723. The summed E-state index contributed by atoms with van der Waals surface area (Å²) < 4.78 is 5.54. The Bertz CT molecular complexity index is 1550. The summed E-state index contributed by atoms with van der Waals surface area (Å²) >= 11 is 2.87. The Hall–Kier alpha value is -3.24. The van der Waals surface area contributed by atoms with Crippen LogP contribution < -0.4 is 5.56 Å². The molecule has 4 heterocycles. The van der Waals surface area contributed by atoms with E-state index in [-0.39, 0.29) is 17.1 Å². The monoisotopic (exact) mass is 478 g/mol. The molecule has 1 aromatic carbocycles. The molecule has 0 saturated heterocycles. The van der Waals surface area contributed by atoms with Gasteiger partial charge in [0.25, 0.3) is 5.56 Å². The number of carbonyl (C=O) groups is 1. The van der Waals surface area contributed by atoms with Gasteiger partial charge in [0.1, 0.15) is 0 Å². The van der Waals surface area contributed by atoms with Crippen LogP contribution in [-0.4, -0.2) is 40.3 Å². The number of Topliss-reactive ketones (excluding diaryl/α,β-unsaturated/α-hetero) is 1. The molecule has 0 aliphatic rings. The summed E-state index contributed by atoms with van der Waals surface area (Å²) in [5, 5.41) is 12.6. The molecule has 8 nitrogen and oxygen atoms in total. The molecule has 168 valence electrons. The van der Waals surface area contributed by atoms with Crippen LogP contribution in [0.2, 0.25) is 0 Å². The number of rotatable bonds is 7. The summed E-state index contributed by atoms with van der Waals surface area (Å²) in [5.41, 5.74) is 3.19. The van der Waals surface area contributed by atoms with Gasteiger partial charge in [-0.15, -0.1) is 21.5 Å². The molecule has 0 spiro atoms. The molecular formula is C23H22N6O2S2. The van der Waals surface area contributed by atoms with E-state index in [1.165, 1.54) is 23.1 Å². The molecule has 0 N–H and O–H groups in total. The molecule has 0 unspecified atom stereocenters. The van der Waals surface area contributed by atoms with E-state index in [1.807, 2.05) is 65.5 Å². The molecule has 0 aliphatic heterocycles. The van der Waals surface area contributed by atoms with Crippen molar-refractivity contribution in [2.24, 2.45) is 0 Å². The predicted molar refractivity (Wildman–Crippen MR) is 131 cm³/mol. The van der Waals surface area contributed by atoms with Gasteiger partial charge in [-0.25, -0.2) is 4.98 Å². The van der Waals surface area contributed by atoms with E-state index < -0.39 is 0 Å². The van der Waals surface area contributed by atoms with Gasteiger partial charge in [0.2, 0.25) is 5.78 Å². The van der Waals surface area contributed by atoms with E-state index in [9.17, 15) is 9.59 Å². The summed E-state index contributed by atoms with van der Waals surface area (Å²) in [6.07, 6.45) is 2.56. The number of aryl methyl sites for hydroxylation is 2. The third-order valence-electron chi connectivity index (χ3n) is 5.60. The van der Waals surface area contributed by atoms with Crippen LogP contribution in [0.1, 0.15) is 35.1 Å². The Morgan fingerprint density at radius 2 is 2.00 bits per heavy atom. The Morgan fingerprint density at radius 3 is 2.76 bits per heavy atom. The molecule has 0 atom stereocenters. The number of hydrogen-bond acceptors (Lipinski definition) is 7. The number of aromatic nitrogens is 6. The fourth-order valence-corrected chi connectivity index (χ4v) is 5.70. The van der Waals surface area contributed by atoms with Crippen LogP contribution in [-0.2, 0) is 6.54 Å². The van der Waals surface area contributed by atoms with E-state index in [1.54, 1.807) is 10.8 Å². The standard InChI is InChI=1S/C23H22N6O2S2/c1-4-10-27-20(31)16-7-5-6-8-18(16)29-21(27)25-26-23(29)33-13-19(30)17-12-14(2)28(15(17)3)22-24-9-11-32-22/h5-9,11-12H,4,10,13H2,1-3H3. The lowest BCUT2D eigenvalue weighted by molar-refractivity contribution is 0.102. The largest absolute Gasteiger partial charge is 0.294 e. The summed E-state index contributed by atoms with van der Waals surface area (Å²) in [6, 6.07) is 9.35. The highest BCUT2D eigenvalue weighted by molar-refractivity contribution is 7.99. The maximum atomic E-state index is 13.2. The maximum absolute atomic E-state index is 13.2. The summed E-state index contributed by atoms with van der Waals surface area (Å²) in [6.45, 7) is 6.49. The van der Waals surface area contributed by atoms with Crippen molar-refractivity contribution in [1.29, 1.82) is 0 Å². The molecule has 4 aromatic heterocycles. The lowest BCUT2D eigenvalue weighted by Crippen LogP contribution is -2.23. The van der Waals surface area contributed by atoms with Gasteiger partial charge in [0, 0.05) is 35.1 Å². The van der Waals surface area contributed by atoms with Crippen LogP contribution >= 0.6 is 23.1 Å². The zero-order valence-electron chi connectivity index (χ0n) is 18.5. The average Bonchev–Trinajstić information content (AvgIpc) is 3.54. The molecule has 0 aliphatic carbocycles. The number of benzene rings is 1. The number of nitrogens with zero attached hydrogens (tertiary/aromatic N) is 6. The van der Waals surface area contributed by atoms with Crippen molar-refractivity contribution >= 4 is 45.6 Å². The number of carbonyl (C=O) groups excluding carboxylic acids is 1. The normalized spacial score (nSPS) is 11.6. The van der Waals surface area contributed by atoms with Crippen molar-refractivity contribution < 1.29 is 4.79 Å². The fraction of sp³-hybridized carbons (Fsp3) is 0.261. The van der Waals surface area contributed by atoms with E-state index >= 15 is 0 Å². The second kappa shape index (κ2) is 8.60. The SMILES string of the molecule is CCCn1c(=O)c2ccccc2n2c(SCC(=O)c3cc(C)n(-c4nccs4)c3C)nnc12. The van der Waals surface area contributed by atoms with Crippen LogP contribution in [0.25, 0.3) is 21.8 Å². The van der Waals surface area contributed by atoms with Gasteiger partial charge < -0.3 is 0 Å². The second-order valence-electron chi connectivity index (χ2n) is 7.74. The van der Waals surface area contributed by atoms with Crippen LogP contribution in [0.15, 0.2) is 51.9 Å². The van der Waals surface area contributed by atoms with Crippen molar-refractivity contribution in [3.63, 3.8) is 0 Å². The zero-order chi connectivity index (χ0) is 23.1. The molecule has 0 fully saturated rings. The van der Waals surface area contributed by atoms with Crippen LogP contribution in [0.3, 0.4) is 0 Å². The molecule has 5 rings (SSSR count). The van der Waals surface area contributed by atoms with Gasteiger partial charge in [0.05, 0.1) is 16.7 Å². The molecule has 0 radical (unpaired) electrons. The molecule has 5 aromatic rings. The predicted octanol–water partition coefficient (Wildman–Crippen LogP) is 4.29. The lowest BCUT2D eigenvalue weighted by Gasteiger charge is -2.10. The van der Waals surface area contributed by atoms with Crippen molar-refractivity contribution in [1.82, 2.24) is 28.7 Å². The number of fused-ring (bicyclic) bond motifs is 3. The molecule has 33 heavy (non-hydrogen) atoms. The van der Waals surface area contributed by atoms with E-state index in [2.05, 4.69) is 15.2 Å². The van der Waals surface area contributed by atoms with Gasteiger partial charge >= 0.3 is 0 Å². The highest BCUT2D eigenvalue weighted by Crippen LogP contribution is 2.26. The van der Waals surface area contributed by atoms with Gasteiger partial charge in [0.15, 0.2) is 16.1 Å². The van der Waals surface area contributed by atoms with E-state index in [4.69, 9.17) is 0 Å². The highest BCUT2D eigenvalue weighted by Gasteiger charge is 2.21. The molecule has 0 amide bonds. The number of hydrogen-bond donors (Lipinski definition) is 0. The Balaban J connectivity index is 1.51. The minimum atomic E-state index is -0.0744. The number of para-hydroxylation sites is 1. The number of ketones is 1. The average molecular weight is 479 g/mol. The quantitative estimate of drug-likeness (QED) is 0.256. The Labute approximate surface area is 197 Å². The van der Waals surface area contributed by atoms with E-state index in [0.717, 1.165) is 28.5 Å². The third-order valence-corrected chi connectivity index (χ3v) is 7.29. The Kier molecular flexibility index (Phi) is 5.63. The van der Waals surface area contributed by atoms with Gasteiger partial charge in [-0.3, -0.25) is 23.1 Å². The van der Waals surface area contributed by atoms with Crippen LogP contribution in [0.5, 0.6) is 0 Å². The number of thioether (sulfide) groups is 1. The topological polar surface area (TPSA) is 87.1 Å². The van der Waals surface area contributed by atoms with Gasteiger partial charge in [-0.05, 0) is 38.5 Å². The highest BCUT2D eigenvalue weighted by atomic mass is 32.2. The second-order valence-corrected chi connectivity index (χ2v) is 9.55. The minimum Gasteiger partial charge on any atom is -0.294 e. The zero-order valence-corrected chi connectivity index (χ0v) is 20.1. The van der Waals surface area contributed by atoms with E-state index in [0.29, 0.717) is 28.4 Å². The number of thiazole rings is 1. The fourth-order valence-electron chi connectivity index (χ4n) is 4.13. The molecule has 10 heteroatoms. The first-order valence-electron chi connectivity index (χ1n) is 10.6. The minimum absolute atomic E-state index is 0.0128.